The van der Waals surface area contributed by atoms with Crippen molar-refractivity contribution in [3.8, 4) is 5.75 Å². The Kier molecular flexibility index (Phi) is 4.42. The Labute approximate surface area is 154 Å². The maximum absolute atomic E-state index is 13.0. The van der Waals surface area contributed by atoms with Gasteiger partial charge in [0.15, 0.2) is 0 Å². The average Bonchev–Trinajstić information content (AvgIpc) is 3.17. The number of carbonyl (C=O) groups excluding carboxylic acids is 1. The summed E-state index contributed by atoms with van der Waals surface area (Å²) in [7, 11) is 1.62. The number of thioether (sulfide) groups is 1. The zero-order valence-corrected chi connectivity index (χ0v) is 15.0. The van der Waals surface area contributed by atoms with Gasteiger partial charge >= 0.3 is 5.63 Å². The number of hydrogen-bond acceptors (Lipinski definition) is 5. The Morgan fingerprint density at radius 1 is 1.19 bits per heavy atom. The normalized spacial score (nSPS) is 16.8. The molecule has 1 saturated heterocycles. The molecule has 0 unspecified atom stereocenters. The van der Waals surface area contributed by atoms with E-state index in [0.717, 1.165) is 22.5 Å². The lowest BCUT2D eigenvalue weighted by Crippen LogP contribution is -2.33. The maximum atomic E-state index is 13.0. The summed E-state index contributed by atoms with van der Waals surface area (Å²) in [4.78, 5) is 27.1. The highest BCUT2D eigenvalue weighted by molar-refractivity contribution is 7.99. The van der Waals surface area contributed by atoms with Crippen LogP contribution in [0, 0.1) is 0 Å². The van der Waals surface area contributed by atoms with E-state index in [0.29, 0.717) is 12.1 Å². The fourth-order valence-electron chi connectivity index (χ4n) is 3.09. The number of ether oxygens (including phenoxy) is 1. The third-order valence-corrected chi connectivity index (χ3v) is 5.69. The molecule has 0 N–H and O–H groups in total. The number of benzene rings is 2. The highest BCUT2D eigenvalue weighted by atomic mass is 32.2. The van der Waals surface area contributed by atoms with Crippen LogP contribution in [0.15, 0.2) is 63.8 Å². The molecule has 1 atom stereocenters. The van der Waals surface area contributed by atoms with Crippen molar-refractivity contribution in [3.05, 3.63) is 76.1 Å². The topological polar surface area (TPSA) is 59.8 Å². The van der Waals surface area contributed by atoms with E-state index in [2.05, 4.69) is 0 Å². The van der Waals surface area contributed by atoms with E-state index in [1.165, 1.54) is 0 Å². The lowest BCUT2D eigenvalue weighted by Gasteiger charge is -2.24. The van der Waals surface area contributed by atoms with Gasteiger partial charge < -0.3 is 14.1 Å². The number of para-hydroxylation sites is 1. The molecular weight excluding hydrogens is 350 g/mol. The molecule has 0 bridgehead atoms. The van der Waals surface area contributed by atoms with Crippen molar-refractivity contribution in [3.63, 3.8) is 0 Å². The summed E-state index contributed by atoms with van der Waals surface area (Å²) in [6.45, 7) is 0.590. The number of nitrogens with zero attached hydrogens (tertiary/aromatic N) is 1. The van der Waals surface area contributed by atoms with Crippen molar-refractivity contribution < 1.29 is 13.9 Å². The Balaban J connectivity index is 1.68. The summed E-state index contributed by atoms with van der Waals surface area (Å²) in [5.74, 6) is 1.29. The SMILES string of the molecule is COc1ccc([C@H]2SCCN2C(=O)c2cc3ccccc3oc2=O)cc1. The highest BCUT2D eigenvalue weighted by Crippen LogP contribution is 2.39. The van der Waals surface area contributed by atoms with E-state index in [1.54, 1.807) is 42.0 Å². The number of rotatable bonds is 3. The molecule has 2 aromatic carbocycles. The quantitative estimate of drug-likeness (QED) is 0.661. The van der Waals surface area contributed by atoms with Crippen LogP contribution in [0.25, 0.3) is 11.0 Å². The Bertz CT molecular complexity index is 1010. The standard InChI is InChI=1S/C20H17NO4S/c1-24-15-8-6-13(7-9-15)19-21(10-11-26-19)18(22)16-12-14-4-2-3-5-17(14)25-20(16)23/h2-9,12,19H,10-11H2,1H3/t19-/m1/s1. The fourth-order valence-corrected chi connectivity index (χ4v) is 4.34. The van der Waals surface area contributed by atoms with E-state index < -0.39 is 5.63 Å². The highest BCUT2D eigenvalue weighted by Gasteiger charge is 2.32. The van der Waals surface area contributed by atoms with E-state index >= 15 is 0 Å². The summed E-state index contributed by atoms with van der Waals surface area (Å²) in [6, 6.07) is 16.5. The largest absolute Gasteiger partial charge is 0.497 e. The second kappa shape index (κ2) is 6.88. The lowest BCUT2D eigenvalue weighted by molar-refractivity contribution is 0.0756. The number of amides is 1. The van der Waals surface area contributed by atoms with Crippen LogP contribution < -0.4 is 10.4 Å². The summed E-state index contributed by atoms with van der Waals surface area (Å²) in [6.07, 6.45) is 0. The Hall–Kier alpha value is -2.73. The molecule has 3 aromatic rings. The van der Waals surface area contributed by atoms with Crippen LogP contribution in [0.1, 0.15) is 21.3 Å². The van der Waals surface area contributed by atoms with Gasteiger partial charge in [-0.05, 0) is 29.8 Å². The molecule has 26 heavy (non-hydrogen) atoms. The minimum absolute atomic E-state index is 0.0738. The summed E-state index contributed by atoms with van der Waals surface area (Å²) in [5.41, 5.74) is 0.965. The van der Waals surface area contributed by atoms with Crippen molar-refractivity contribution in [2.24, 2.45) is 0 Å². The number of hydrogen-bond donors (Lipinski definition) is 0. The molecule has 1 fully saturated rings. The van der Waals surface area contributed by atoms with Crippen LogP contribution in [0.5, 0.6) is 5.75 Å². The first kappa shape index (κ1) is 16.7. The van der Waals surface area contributed by atoms with Gasteiger partial charge in [0, 0.05) is 17.7 Å². The van der Waals surface area contributed by atoms with Crippen LogP contribution >= 0.6 is 11.8 Å². The zero-order valence-electron chi connectivity index (χ0n) is 14.2. The smallest absolute Gasteiger partial charge is 0.349 e. The molecule has 132 valence electrons. The van der Waals surface area contributed by atoms with Crippen molar-refractivity contribution in [1.82, 2.24) is 4.90 Å². The Morgan fingerprint density at radius 2 is 1.96 bits per heavy atom. The van der Waals surface area contributed by atoms with Gasteiger partial charge in [-0.2, -0.15) is 0 Å². The molecule has 5 nitrogen and oxygen atoms in total. The van der Waals surface area contributed by atoms with E-state index in [9.17, 15) is 9.59 Å². The average molecular weight is 367 g/mol. The molecule has 0 saturated carbocycles. The predicted molar refractivity (Wildman–Crippen MR) is 102 cm³/mol. The van der Waals surface area contributed by atoms with E-state index in [4.69, 9.17) is 9.15 Å². The van der Waals surface area contributed by atoms with Gasteiger partial charge in [0.25, 0.3) is 5.91 Å². The van der Waals surface area contributed by atoms with Gasteiger partial charge in [0.05, 0.1) is 7.11 Å². The number of methoxy groups -OCH3 is 1. The molecule has 1 aliphatic rings. The fraction of sp³-hybridized carbons (Fsp3) is 0.200. The van der Waals surface area contributed by atoms with Gasteiger partial charge in [0.1, 0.15) is 22.3 Å². The van der Waals surface area contributed by atoms with Gasteiger partial charge in [-0.1, -0.05) is 30.3 Å². The molecule has 2 heterocycles. The van der Waals surface area contributed by atoms with E-state index in [1.807, 2.05) is 36.4 Å². The van der Waals surface area contributed by atoms with Gasteiger partial charge in [-0.15, -0.1) is 11.8 Å². The summed E-state index contributed by atoms with van der Waals surface area (Å²) in [5, 5.41) is 0.613. The predicted octanol–water partition coefficient (Wildman–Crippen LogP) is 3.69. The molecule has 0 spiro atoms. The number of fused-ring (bicyclic) bond motifs is 1. The third-order valence-electron chi connectivity index (χ3n) is 4.42. The summed E-state index contributed by atoms with van der Waals surface area (Å²) < 4.78 is 10.5. The van der Waals surface area contributed by atoms with E-state index in [-0.39, 0.29) is 16.8 Å². The zero-order chi connectivity index (χ0) is 18.1. The second-order valence-corrected chi connectivity index (χ2v) is 7.17. The second-order valence-electron chi connectivity index (χ2n) is 5.98. The summed E-state index contributed by atoms with van der Waals surface area (Å²) >= 11 is 1.68. The molecular formula is C20H17NO4S. The first-order valence-corrected chi connectivity index (χ1v) is 9.31. The first-order valence-electron chi connectivity index (χ1n) is 8.27. The van der Waals surface area contributed by atoms with Crippen LogP contribution in [0.2, 0.25) is 0 Å². The van der Waals surface area contributed by atoms with Crippen LogP contribution in [-0.4, -0.2) is 30.2 Å². The first-order chi connectivity index (χ1) is 12.7. The van der Waals surface area contributed by atoms with Crippen molar-refractivity contribution in [2.75, 3.05) is 19.4 Å². The van der Waals surface area contributed by atoms with Crippen LogP contribution in [0.3, 0.4) is 0 Å². The van der Waals surface area contributed by atoms with Gasteiger partial charge in [-0.3, -0.25) is 4.79 Å². The number of carbonyl (C=O) groups is 1. The minimum Gasteiger partial charge on any atom is -0.497 e. The van der Waals surface area contributed by atoms with Gasteiger partial charge in [-0.25, -0.2) is 4.79 Å². The van der Waals surface area contributed by atoms with Crippen LogP contribution in [-0.2, 0) is 0 Å². The van der Waals surface area contributed by atoms with Crippen molar-refractivity contribution in [2.45, 2.75) is 5.37 Å². The van der Waals surface area contributed by atoms with Gasteiger partial charge in [0.2, 0.25) is 0 Å². The molecule has 4 rings (SSSR count). The maximum Gasteiger partial charge on any atom is 0.349 e. The molecule has 6 heteroatoms. The minimum atomic E-state index is -0.598. The van der Waals surface area contributed by atoms with Crippen LogP contribution in [0.4, 0.5) is 0 Å². The molecule has 1 aromatic heterocycles. The molecule has 1 amide bonds. The Morgan fingerprint density at radius 3 is 2.73 bits per heavy atom. The molecule has 0 aliphatic carbocycles. The third kappa shape index (κ3) is 2.97. The van der Waals surface area contributed by atoms with Crippen molar-refractivity contribution >= 4 is 28.6 Å². The molecule has 1 aliphatic heterocycles. The monoisotopic (exact) mass is 367 g/mol. The lowest BCUT2D eigenvalue weighted by atomic mass is 10.1. The molecule has 0 radical (unpaired) electrons. The van der Waals surface area contributed by atoms with Crippen molar-refractivity contribution in [1.29, 1.82) is 0 Å².